The standard InChI is InChI=1S/C46H78Cl3NO8SSi2/c1-17-60(18-2,19-3)57-37(33(8)28-36-30-59-35(10)50-36)26-25-32(7)24-23-27-45(16)41(54-42(52)53-31-46(47,48)49)34(9)40(56-45)44(14,15)38(29-39(51)55-43(11,12)13)58-61(20-4,21-5)22-6/h23-25,28,30,34,37-38,40-41H,17-22,26-27,29,31H2,1-16H3/t34-,37+,38+,40?,41+,45?/m1/s1. The van der Waals surface area contributed by atoms with Crippen molar-refractivity contribution in [2.75, 3.05) is 6.61 Å². The van der Waals surface area contributed by atoms with E-state index in [2.05, 4.69) is 104 Å². The fraction of sp³-hybridized carbons (Fsp3) is 0.761. The molecule has 6 atom stereocenters. The van der Waals surface area contributed by atoms with Crippen LogP contribution in [0.3, 0.4) is 0 Å². The normalized spacial score (nSPS) is 22.1. The second-order valence-electron chi connectivity index (χ2n) is 18.7. The van der Waals surface area contributed by atoms with E-state index in [4.69, 9.17) is 62.6 Å². The summed E-state index contributed by atoms with van der Waals surface area (Å²) in [6.07, 6.45) is 6.91. The van der Waals surface area contributed by atoms with Crippen molar-refractivity contribution in [3.05, 3.63) is 45.5 Å². The number of carbonyl (C=O) groups is 2. The Kier molecular flexibility index (Phi) is 21.8. The van der Waals surface area contributed by atoms with Crippen LogP contribution in [-0.2, 0) is 32.6 Å². The van der Waals surface area contributed by atoms with Gasteiger partial charge in [0.1, 0.15) is 23.9 Å². The maximum absolute atomic E-state index is 13.5. The fourth-order valence-electron chi connectivity index (χ4n) is 8.40. The van der Waals surface area contributed by atoms with Gasteiger partial charge in [-0.1, -0.05) is 121 Å². The van der Waals surface area contributed by atoms with Gasteiger partial charge in [-0.05, 0) is 109 Å². The number of nitrogens with zero attached hydrogens (tertiary/aromatic N) is 1. The lowest BCUT2D eigenvalue weighted by Gasteiger charge is -2.45. The van der Waals surface area contributed by atoms with Crippen molar-refractivity contribution in [3.8, 4) is 0 Å². The number of carbonyl (C=O) groups excluding carboxylic acids is 2. The molecule has 0 saturated carbocycles. The van der Waals surface area contributed by atoms with Crippen LogP contribution in [0.4, 0.5) is 4.79 Å². The van der Waals surface area contributed by atoms with E-state index in [1.165, 1.54) is 0 Å². The minimum atomic E-state index is -2.23. The number of allylic oxidation sites excluding steroid dienone is 2. The van der Waals surface area contributed by atoms with E-state index in [1.807, 2.05) is 41.5 Å². The quantitative estimate of drug-likeness (QED) is 0.0459. The molecule has 1 fully saturated rings. The van der Waals surface area contributed by atoms with Crippen LogP contribution in [-0.4, -0.2) is 79.8 Å². The fourth-order valence-corrected chi connectivity index (χ4v) is 15.0. The van der Waals surface area contributed by atoms with Gasteiger partial charge in [-0.25, -0.2) is 9.78 Å². The highest BCUT2D eigenvalue weighted by Gasteiger charge is 2.59. The summed E-state index contributed by atoms with van der Waals surface area (Å²) >= 11 is 19.4. The number of halogens is 3. The minimum Gasteiger partial charge on any atom is -0.460 e. The van der Waals surface area contributed by atoms with E-state index in [0.717, 1.165) is 64.5 Å². The van der Waals surface area contributed by atoms with Gasteiger partial charge in [-0.3, -0.25) is 4.79 Å². The molecule has 2 unspecified atom stereocenters. The Balaban J connectivity index is 2.54. The van der Waals surface area contributed by atoms with Crippen molar-refractivity contribution in [1.29, 1.82) is 0 Å². The molecule has 0 bridgehead atoms. The molecule has 1 aromatic heterocycles. The Morgan fingerprint density at radius 1 is 0.951 bits per heavy atom. The molecule has 1 aromatic rings. The summed E-state index contributed by atoms with van der Waals surface area (Å²) in [6, 6.07) is 5.90. The van der Waals surface area contributed by atoms with Gasteiger partial charge in [0.2, 0.25) is 3.79 Å². The summed E-state index contributed by atoms with van der Waals surface area (Å²) in [6.45, 7) is 32.7. The zero-order chi connectivity index (χ0) is 46.6. The van der Waals surface area contributed by atoms with Crippen molar-refractivity contribution in [2.45, 2.75) is 206 Å². The predicted molar refractivity (Wildman–Crippen MR) is 260 cm³/mol. The van der Waals surface area contributed by atoms with E-state index in [9.17, 15) is 9.59 Å². The van der Waals surface area contributed by atoms with Gasteiger partial charge in [0.15, 0.2) is 16.6 Å². The van der Waals surface area contributed by atoms with Gasteiger partial charge >= 0.3 is 12.1 Å². The molecule has 61 heavy (non-hydrogen) atoms. The van der Waals surface area contributed by atoms with Crippen LogP contribution >= 0.6 is 46.1 Å². The maximum atomic E-state index is 13.5. The zero-order valence-corrected chi connectivity index (χ0v) is 45.2. The molecule has 15 heteroatoms. The van der Waals surface area contributed by atoms with E-state index >= 15 is 0 Å². The van der Waals surface area contributed by atoms with Crippen LogP contribution in [0.5, 0.6) is 0 Å². The van der Waals surface area contributed by atoms with Gasteiger partial charge in [-0.15, -0.1) is 11.3 Å². The second-order valence-corrected chi connectivity index (χ2v) is 31.7. The third-order valence-electron chi connectivity index (χ3n) is 12.6. The molecule has 0 radical (unpaired) electrons. The van der Waals surface area contributed by atoms with Gasteiger partial charge in [0, 0.05) is 16.7 Å². The maximum Gasteiger partial charge on any atom is 0.508 e. The zero-order valence-electron chi connectivity index (χ0n) is 40.1. The van der Waals surface area contributed by atoms with E-state index in [1.54, 1.807) is 11.3 Å². The number of hydrogen-bond acceptors (Lipinski definition) is 10. The summed E-state index contributed by atoms with van der Waals surface area (Å²) in [5.74, 6) is -0.674. The van der Waals surface area contributed by atoms with Crippen molar-refractivity contribution in [2.24, 2.45) is 11.3 Å². The molecule has 2 rings (SSSR count). The van der Waals surface area contributed by atoms with Crippen LogP contribution in [0.1, 0.15) is 134 Å². The largest absolute Gasteiger partial charge is 0.508 e. The van der Waals surface area contributed by atoms with Crippen molar-refractivity contribution in [3.63, 3.8) is 0 Å². The van der Waals surface area contributed by atoms with Crippen molar-refractivity contribution >= 4 is 81.0 Å². The Bertz CT molecular complexity index is 1630. The van der Waals surface area contributed by atoms with E-state index < -0.39 is 68.1 Å². The number of thiazole rings is 1. The first-order valence-electron chi connectivity index (χ1n) is 22.3. The molecular formula is C46H78Cl3NO8SSi2. The highest BCUT2D eigenvalue weighted by molar-refractivity contribution is 7.09. The Labute approximate surface area is 390 Å². The third kappa shape index (κ3) is 16.9. The molecule has 9 nitrogen and oxygen atoms in total. The molecule has 350 valence electrons. The third-order valence-corrected chi connectivity index (χ3v) is 23.0. The van der Waals surface area contributed by atoms with Crippen LogP contribution < -0.4 is 0 Å². The molecule has 0 aromatic carbocycles. The minimum absolute atomic E-state index is 0.0597. The molecule has 2 heterocycles. The Morgan fingerprint density at radius 2 is 1.51 bits per heavy atom. The molecular weight excluding hydrogens is 889 g/mol. The van der Waals surface area contributed by atoms with Crippen molar-refractivity contribution in [1.82, 2.24) is 4.98 Å². The first-order chi connectivity index (χ1) is 28.2. The SMILES string of the molecule is CC[Si](CC)(CC)O[C@@H](CC=C(C)C=CCC1(C)OC(C(C)(C)[C@H](CC(=O)OC(C)(C)C)O[Si](CC)(CC)CC)[C@@H](C)[C@@H]1OC(=O)OCC(Cl)(Cl)Cl)C(C)=Cc1csc(C)n1. The lowest BCUT2D eigenvalue weighted by molar-refractivity contribution is -0.163. The summed E-state index contributed by atoms with van der Waals surface area (Å²) < 4.78 is 36.7. The van der Waals surface area contributed by atoms with Crippen LogP contribution in [0.25, 0.3) is 6.08 Å². The lowest BCUT2D eigenvalue weighted by atomic mass is 9.73. The lowest BCUT2D eigenvalue weighted by Crippen LogP contribution is -2.52. The summed E-state index contributed by atoms with van der Waals surface area (Å²) in [4.78, 5) is 31.4. The number of ether oxygens (including phenoxy) is 4. The number of esters is 1. The summed E-state index contributed by atoms with van der Waals surface area (Å²) in [5.41, 5.74) is 0.822. The average molecular weight is 968 g/mol. The van der Waals surface area contributed by atoms with Crippen molar-refractivity contribution < 1.29 is 37.4 Å². The molecule has 1 saturated heterocycles. The summed E-state index contributed by atoms with van der Waals surface area (Å²) in [7, 11) is -4.15. The van der Waals surface area contributed by atoms with Gasteiger partial charge in [0.25, 0.3) is 0 Å². The molecule has 1 aliphatic heterocycles. The monoisotopic (exact) mass is 965 g/mol. The summed E-state index contributed by atoms with van der Waals surface area (Å²) in [5, 5.41) is 3.13. The molecule has 1 aliphatic rings. The molecule has 0 N–H and O–H groups in total. The first-order valence-corrected chi connectivity index (χ1v) is 29.3. The van der Waals surface area contributed by atoms with E-state index in [-0.39, 0.29) is 24.4 Å². The smallest absolute Gasteiger partial charge is 0.460 e. The average Bonchev–Trinajstić information content (AvgIpc) is 3.70. The topological polar surface area (TPSA) is 102 Å². The van der Waals surface area contributed by atoms with Crippen LogP contribution in [0, 0.1) is 18.3 Å². The van der Waals surface area contributed by atoms with Gasteiger partial charge < -0.3 is 27.8 Å². The highest BCUT2D eigenvalue weighted by atomic mass is 35.6. The first kappa shape index (κ1) is 55.9. The second kappa shape index (κ2) is 23.8. The Morgan fingerprint density at radius 3 is 2.00 bits per heavy atom. The van der Waals surface area contributed by atoms with Crippen LogP contribution in [0.2, 0.25) is 36.3 Å². The number of alkyl halides is 3. The molecule has 0 aliphatic carbocycles. The van der Waals surface area contributed by atoms with Gasteiger partial charge in [-0.2, -0.15) is 0 Å². The highest BCUT2D eigenvalue weighted by Crippen LogP contribution is 2.50. The number of rotatable bonds is 23. The Hall–Kier alpha value is -1.23. The van der Waals surface area contributed by atoms with Crippen LogP contribution in [0.15, 0.2) is 34.8 Å². The molecule has 0 spiro atoms. The molecule has 0 amide bonds. The predicted octanol–water partition coefficient (Wildman–Crippen LogP) is 14.4. The number of aromatic nitrogens is 1. The number of aryl methyl sites for hydroxylation is 1. The van der Waals surface area contributed by atoms with E-state index in [0.29, 0.717) is 6.42 Å². The number of hydrogen-bond donors (Lipinski definition) is 0. The van der Waals surface area contributed by atoms with Gasteiger partial charge in [0.05, 0.1) is 35.4 Å².